The minimum absolute atomic E-state index is 0.304. The van der Waals surface area contributed by atoms with Gasteiger partial charge in [-0.3, -0.25) is 4.57 Å². The van der Waals surface area contributed by atoms with Crippen LogP contribution < -0.4 is 15.2 Å². The Morgan fingerprint density at radius 3 is 2.47 bits per heavy atom. The molecule has 178 valence electrons. The number of hydrogen-bond donors (Lipinski definition) is 1. The van der Waals surface area contributed by atoms with Crippen LogP contribution in [-0.4, -0.2) is 48.7 Å². The molecule has 0 saturated heterocycles. The number of imidazole rings is 1. The number of pyridine rings is 1. The fraction of sp³-hybridized carbons (Fsp3) is 0.250. The lowest BCUT2D eigenvalue weighted by Gasteiger charge is -2.20. The van der Waals surface area contributed by atoms with E-state index in [1.54, 1.807) is 42.6 Å². The molecule has 34 heavy (non-hydrogen) atoms. The molecule has 0 aliphatic rings. The van der Waals surface area contributed by atoms with Gasteiger partial charge in [-0.15, -0.1) is 0 Å². The Morgan fingerprint density at radius 2 is 1.82 bits per heavy atom. The number of aromatic nitrogens is 3. The molecule has 0 unspecified atom stereocenters. The highest BCUT2D eigenvalue weighted by atomic mass is 32.2. The third-order valence-electron chi connectivity index (χ3n) is 5.38. The van der Waals surface area contributed by atoms with Crippen molar-refractivity contribution in [2.24, 2.45) is 0 Å². The van der Waals surface area contributed by atoms with Crippen LogP contribution in [0.15, 0.2) is 59.5 Å². The van der Waals surface area contributed by atoms with E-state index in [-0.39, 0.29) is 11.6 Å². The predicted molar refractivity (Wildman–Crippen MR) is 128 cm³/mol. The molecule has 0 aliphatic carbocycles. The van der Waals surface area contributed by atoms with Crippen LogP contribution in [0.25, 0.3) is 22.3 Å². The van der Waals surface area contributed by atoms with Crippen LogP contribution in [0, 0.1) is 5.82 Å². The lowest BCUT2D eigenvalue weighted by molar-refractivity contribution is 0.310. The third kappa shape index (κ3) is 4.81. The number of hydrogen-bond acceptors (Lipinski definition) is 6. The van der Waals surface area contributed by atoms with Crippen molar-refractivity contribution in [3.05, 3.63) is 76.6 Å². The van der Waals surface area contributed by atoms with Crippen molar-refractivity contribution in [1.29, 1.82) is 0 Å². The highest BCUT2D eigenvalue weighted by molar-refractivity contribution is 7.90. The van der Waals surface area contributed by atoms with Crippen molar-refractivity contribution in [1.82, 2.24) is 14.5 Å². The van der Waals surface area contributed by atoms with Crippen LogP contribution in [0.4, 0.5) is 4.39 Å². The zero-order chi connectivity index (χ0) is 24.5. The molecule has 0 radical (unpaired) electrons. The Bertz CT molecular complexity index is 1490. The highest BCUT2D eigenvalue weighted by Crippen LogP contribution is 2.33. The Hall–Kier alpha value is -3.66. The molecule has 2 aromatic heterocycles. The van der Waals surface area contributed by atoms with E-state index in [0.29, 0.717) is 40.4 Å². The van der Waals surface area contributed by atoms with E-state index in [1.165, 1.54) is 23.8 Å². The van der Waals surface area contributed by atoms with Crippen molar-refractivity contribution in [2.75, 3.05) is 25.7 Å². The maximum absolute atomic E-state index is 13.3. The van der Waals surface area contributed by atoms with Crippen molar-refractivity contribution in [3.8, 4) is 22.6 Å². The number of nitrogens with one attached hydrogen (secondary N) is 1. The van der Waals surface area contributed by atoms with E-state index >= 15 is 0 Å². The van der Waals surface area contributed by atoms with E-state index < -0.39 is 21.6 Å². The number of aromatic amines is 1. The summed E-state index contributed by atoms with van der Waals surface area (Å²) in [5.74, 6) is 0.267. The molecule has 0 fully saturated rings. The topological polar surface area (TPSA) is 103 Å². The van der Waals surface area contributed by atoms with Gasteiger partial charge in [0.25, 0.3) is 0 Å². The first-order valence-electron chi connectivity index (χ1n) is 10.5. The molecule has 1 atom stereocenters. The monoisotopic (exact) mass is 485 g/mol. The van der Waals surface area contributed by atoms with Crippen molar-refractivity contribution in [2.45, 2.75) is 13.0 Å². The standard InChI is InChI=1S/C24H24FN3O5S/c1-4-33-22-12-16(7-10-21(22)32-2)20(14-34(3,30)31)28-23-19(27-24(28)29)11-17(13-26-23)15-5-8-18(25)9-6-15/h5-13,20H,4,14H2,1-3H3,(H,27,29)/t20-/m0/s1. The second-order valence-corrected chi connectivity index (χ2v) is 10.0. The number of rotatable bonds is 8. The molecule has 8 nitrogen and oxygen atoms in total. The molecular formula is C24H24FN3O5S. The molecule has 0 saturated carbocycles. The Morgan fingerprint density at radius 1 is 1.09 bits per heavy atom. The van der Waals surface area contributed by atoms with Gasteiger partial charge in [-0.25, -0.2) is 22.6 Å². The quantitative estimate of drug-likeness (QED) is 0.409. The van der Waals surface area contributed by atoms with E-state index in [1.807, 2.05) is 6.92 Å². The summed E-state index contributed by atoms with van der Waals surface area (Å²) in [7, 11) is -1.98. The van der Waals surface area contributed by atoms with Crippen LogP contribution in [-0.2, 0) is 9.84 Å². The fourth-order valence-electron chi connectivity index (χ4n) is 3.88. The minimum Gasteiger partial charge on any atom is -0.493 e. The van der Waals surface area contributed by atoms with Crippen LogP contribution in [0.3, 0.4) is 0 Å². The normalized spacial score (nSPS) is 12.6. The van der Waals surface area contributed by atoms with E-state index in [4.69, 9.17) is 9.47 Å². The van der Waals surface area contributed by atoms with Gasteiger partial charge in [0.2, 0.25) is 0 Å². The fourth-order valence-corrected chi connectivity index (χ4v) is 4.79. The predicted octanol–water partition coefficient (Wildman–Crippen LogP) is 3.57. The minimum atomic E-state index is -3.49. The molecule has 2 heterocycles. The summed E-state index contributed by atoms with van der Waals surface area (Å²) >= 11 is 0. The Labute approximate surface area is 195 Å². The molecule has 0 aliphatic heterocycles. The van der Waals surface area contributed by atoms with Crippen LogP contribution >= 0.6 is 0 Å². The van der Waals surface area contributed by atoms with Gasteiger partial charge in [0, 0.05) is 18.0 Å². The first kappa shape index (κ1) is 23.5. The summed E-state index contributed by atoms with van der Waals surface area (Å²) in [6.07, 6.45) is 2.68. The van der Waals surface area contributed by atoms with E-state index in [2.05, 4.69) is 9.97 Å². The Balaban J connectivity index is 1.86. The van der Waals surface area contributed by atoms with Crippen molar-refractivity contribution in [3.63, 3.8) is 0 Å². The van der Waals surface area contributed by atoms with Crippen molar-refractivity contribution < 1.29 is 22.3 Å². The van der Waals surface area contributed by atoms with E-state index in [0.717, 1.165) is 11.8 Å². The molecule has 0 spiro atoms. The molecular weight excluding hydrogens is 461 g/mol. The summed E-state index contributed by atoms with van der Waals surface area (Å²) in [4.78, 5) is 20.3. The maximum Gasteiger partial charge on any atom is 0.328 e. The van der Waals surface area contributed by atoms with Crippen LogP contribution in [0.2, 0.25) is 0 Å². The SMILES string of the molecule is CCOc1cc([C@H](CS(C)(=O)=O)n2c(=O)[nH]c3cc(-c4ccc(F)cc4)cnc32)ccc1OC. The van der Waals surface area contributed by atoms with E-state index in [9.17, 15) is 17.6 Å². The maximum atomic E-state index is 13.3. The zero-order valence-electron chi connectivity index (χ0n) is 18.9. The number of methoxy groups -OCH3 is 1. The molecule has 4 aromatic rings. The van der Waals surface area contributed by atoms with Crippen LogP contribution in [0.1, 0.15) is 18.5 Å². The van der Waals surface area contributed by atoms with Crippen molar-refractivity contribution >= 4 is 21.0 Å². The first-order chi connectivity index (χ1) is 16.2. The summed E-state index contributed by atoms with van der Waals surface area (Å²) in [5, 5.41) is 0. The zero-order valence-corrected chi connectivity index (χ0v) is 19.7. The number of fused-ring (bicyclic) bond motifs is 1. The number of halogens is 1. The number of H-pyrrole nitrogens is 1. The van der Waals surface area contributed by atoms with Crippen LogP contribution in [0.5, 0.6) is 11.5 Å². The molecule has 1 N–H and O–H groups in total. The summed E-state index contributed by atoms with van der Waals surface area (Å²) in [6.45, 7) is 2.21. The summed E-state index contributed by atoms with van der Waals surface area (Å²) < 4.78 is 50.2. The molecule has 10 heteroatoms. The summed E-state index contributed by atoms with van der Waals surface area (Å²) in [5.41, 5.74) is 2.21. The van der Waals surface area contributed by atoms with Gasteiger partial charge in [-0.2, -0.15) is 0 Å². The number of sulfone groups is 1. The lowest BCUT2D eigenvalue weighted by atomic mass is 10.1. The first-order valence-corrected chi connectivity index (χ1v) is 12.6. The van der Waals surface area contributed by atoms with Gasteiger partial charge in [0.15, 0.2) is 17.1 Å². The van der Waals surface area contributed by atoms with Gasteiger partial charge >= 0.3 is 5.69 Å². The van der Waals surface area contributed by atoms with Gasteiger partial charge in [-0.1, -0.05) is 18.2 Å². The average molecular weight is 486 g/mol. The van der Waals surface area contributed by atoms with Gasteiger partial charge in [0.05, 0.1) is 31.0 Å². The Kier molecular flexibility index (Phi) is 6.43. The summed E-state index contributed by atoms with van der Waals surface area (Å²) in [6, 6.07) is 11.8. The highest BCUT2D eigenvalue weighted by Gasteiger charge is 2.25. The van der Waals surface area contributed by atoms with Gasteiger partial charge in [0.1, 0.15) is 15.7 Å². The average Bonchev–Trinajstić information content (AvgIpc) is 3.12. The number of nitrogens with zero attached hydrogens (tertiary/aromatic N) is 2. The number of benzene rings is 2. The lowest BCUT2D eigenvalue weighted by Crippen LogP contribution is -2.28. The molecule has 0 amide bonds. The largest absolute Gasteiger partial charge is 0.493 e. The third-order valence-corrected chi connectivity index (χ3v) is 6.30. The second kappa shape index (κ2) is 9.30. The smallest absolute Gasteiger partial charge is 0.328 e. The number of ether oxygens (including phenoxy) is 2. The second-order valence-electron chi connectivity index (χ2n) is 7.85. The molecule has 4 rings (SSSR count). The molecule has 2 aromatic carbocycles. The van der Waals surface area contributed by atoms with Gasteiger partial charge in [-0.05, 0) is 48.4 Å². The van der Waals surface area contributed by atoms with Gasteiger partial charge < -0.3 is 14.5 Å². The molecule has 0 bridgehead atoms.